The normalized spacial score (nSPS) is 11.8. The monoisotopic (exact) mass is 495 g/mol. The highest BCUT2D eigenvalue weighted by molar-refractivity contribution is 7.98. The molecule has 0 amide bonds. The number of hydrogen-bond donors (Lipinski definition) is 1. The number of esters is 1. The smallest absolute Gasteiger partial charge is 0.416 e. The van der Waals surface area contributed by atoms with Crippen LogP contribution in [0.3, 0.4) is 0 Å². The van der Waals surface area contributed by atoms with E-state index in [1.165, 1.54) is 49.2 Å². The molecule has 33 heavy (non-hydrogen) atoms. The van der Waals surface area contributed by atoms with Crippen LogP contribution in [0.1, 0.15) is 27.0 Å². The van der Waals surface area contributed by atoms with Gasteiger partial charge in [0.2, 0.25) is 0 Å². The molecule has 174 valence electrons. The van der Waals surface area contributed by atoms with Gasteiger partial charge in [-0.25, -0.2) is 13.2 Å². The highest BCUT2D eigenvalue weighted by atomic mass is 32.2. The number of carbonyl (C=O) groups excluding carboxylic acids is 1. The fourth-order valence-electron chi connectivity index (χ4n) is 2.89. The molecule has 0 aliphatic rings. The van der Waals surface area contributed by atoms with Gasteiger partial charge in [-0.1, -0.05) is 18.2 Å². The summed E-state index contributed by atoms with van der Waals surface area (Å²) < 4.78 is 70.5. The number of ether oxygens (including phenoxy) is 1. The summed E-state index contributed by atoms with van der Waals surface area (Å²) >= 11 is 1.41. The van der Waals surface area contributed by atoms with Crippen molar-refractivity contribution in [1.29, 1.82) is 0 Å². The van der Waals surface area contributed by atoms with Gasteiger partial charge in [-0.2, -0.15) is 13.2 Å². The topological polar surface area (TPSA) is 72.5 Å². The largest absolute Gasteiger partial charge is 0.465 e. The van der Waals surface area contributed by atoms with Crippen LogP contribution in [0.2, 0.25) is 0 Å². The molecule has 0 saturated carbocycles. The summed E-state index contributed by atoms with van der Waals surface area (Å²) in [7, 11) is -2.71. The molecule has 3 aromatic carbocycles. The third-order valence-corrected chi connectivity index (χ3v) is 7.18. The van der Waals surface area contributed by atoms with Crippen molar-refractivity contribution in [1.82, 2.24) is 0 Å². The number of carbonyl (C=O) groups is 1. The summed E-state index contributed by atoms with van der Waals surface area (Å²) in [5.41, 5.74) is 1.12. The van der Waals surface area contributed by atoms with E-state index in [1.54, 1.807) is 31.2 Å². The number of hydrogen-bond acceptors (Lipinski definition) is 5. The lowest BCUT2D eigenvalue weighted by Crippen LogP contribution is -2.14. The maximum Gasteiger partial charge on any atom is 0.416 e. The minimum absolute atomic E-state index is 0.0748. The number of methoxy groups -OCH3 is 1. The first kappa shape index (κ1) is 24.7. The molecule has 5 nitrogen and oxygen atoms in total. The second-order valence-corrected chi connectivity index (χ2v) is 9.81. The molecule has 0 aliphatic heterocycles. The average molecular weight is 496 g/mol. The van der Waals surface area contributed by atoms with Gasteiger partial charge >= 0.3 is 12.1 Å². The van der Waals surface area contributed by atoms with Crippen molar-refractivity contribution in [3.8, 4) is 0 Å². The quantitative estimate of drug-likeness (QED) is 0.327. The van der Waals surface area contributed by atoms with Gasteiger partial charge in [-0.05, 0) is 66.6 Å². The minimum atomic E-state index is -4.37. The molecular formula is C23H20F3NO4S2. The summed E-state index contributed by atoms with van der Waals surface area (Å²) in [6, 6.07) is 15.7. The molecule has 0 bridgehead atoms. The van der Waals surface area contributed by atoms with Crippen LogP contribution >= 0.6 is 11.8 Å². The number of thioether (sulfide) groups is 1. The molecule has 1 N–H and O–H groups in total. The second kappa shape index (κ2) is 9.88. The number of aryl methyl sites for hydroxylation is 1. The molecule has 0 unspecified atom stereocenters. The Morgan fingerprint density at radius 3 is 2.21 bits per heavy atom. The Kier molecular flexibility index (Phi) is 7.38. The van der Waals surface area contributed by atoms with E-state index < -0.39 is 27.7 Å². The molecule has 0 fully saturated rings. The third kappa shape index (κ3) is 6.29. The number of nitrogens with one attached hydrogen (secondary N) is 1. The Morgan fingerprint density at radius 2 is 1.64 bits per heavy atom. The zero-order valence-electron chi connectivity index (χ0n) is 17.6. The lowest BCUT2D eigenvalue weighted by molar-refractivity contribution is -0.137. The van der Waals surface area contributed by atoms with E-state index in [1.807, 2.05) is 0 Å². The fraction of sp³-hybridized carbons (Fsp3) is 0.174. The molecule has 0 aliphatic carbocycles. The number of halogens is 3. The molecule has 0 spiro atoms. The summed E-state index contributed by atoms with van der Waals surface area (Å²) in [5.74, 6) is -0.165. The van der Waals surface area contributed by atoms with E-state index in [4.69, 9.17) is 0 Å². The van der Waals surface area contributed by atoms with Gasteiger partial charge in [0.05, 0.1) is 23.1 Å². The molecule has 0 radical (unpaired) electrons. The molecule has 0 aromatic heterocycles. The predicted octanol–water partition coefficient (Wildman–Crippen LogP) is 5.89. The Morgan fingerprint density at radius 1 is 1.00 bits per heavy atom. The Balaban J connectivity index is 1.66. The van der Waals surface area contributed by atoms with Crippen LogP contribution in [0.25, 0.3) is 0 Å². The highest BCUT2D eigenvalue weighted by Crippen LogP contribution is 2.31. The van der Waals surface area contributed by atoms with Gasteiger partial charge in [-0.3, -0.25) is 4.72 Å². The van der Waals surface area contributed by atoms with Gasteiger partial charge in [-0.15, -0.1) is 11.8 Å². The van der Waals surface area contributed by atoms with Crippen molar-refractivity contribution in [2.45, 2.75) is 28.6 Å². The van der Waals surface area contributed by atoms with Crippen LogP contribution in [-0.4, -0.2) is 21.5 Å². The van der Waals surface area contributed by atoms with Crippen molar-refractivity contribution in [3.63, 3.8) is 0 Å². The first-order valence-corrected chi connectivity index (χ1v) is 12.1. The molecule has 10 heteroatoms. The van der Waals surface area contributed by atoms with Crippen molar-refractivity contribution in [2.75, 3.05) is 11.8 Å². The van der Waals surface area contributed by atoms with E-state index in [0.717, 1.165) is 22.6 Å². The van der Waals surface area contributed by atoms with Crippen LogP contribution in [0.5, 0.6) is 0 Å². The number of benzene rings is 3. The maximum atomic E-state index is 12.7. The van der Waals surface area contributed by atoms with Crippen LogP contribution < -0.4 is 4.72 Å². The fourth-order valence-corrected chi connectivity index (χ4v) is 4.83. The van der Waals surface area contributed by atoms with Crippen LogP contribution in [0, 0.1) is 6.92 Å². The molecule has 0 heterocycles. The van der Waals surface area contributed by atoms with Crippen LogP contribution in [0.15, 0.2) is 76.5 Å². The van der Waals surface area contributed by atoms with E-state index >= 15 is 0 Å². The highest BCUT2D eigenvalue weighted by Gasteiger charge is 2.29. The Hall–Kier alpha value is -2.98. The molecule has 0 atom stereocenters. The van der Waals surface area contributed by atoms with Gasteiger partial charge in [0.15, 0.2) is 0 Å². The molecule has 3 aromatic rings. The van der Waals surface area contributed by atoms with Gasteiger partial charge in [0.1, 0.15) is 0 Å². The number of sulfonamides is 1. The van der Waals surface area contributed by atoms with Gasteiger partial charge < -0.3 is 4.74 Å². The van der Waals surface area contributed by atoms with E-state index in [-0.39, 0.29) is 10.5 Å². The Labute approximate surface area is 194 Å². The summed E-state index contributed by atoms with van der Waals surface area (Å²) in [6.07, 6.45) is -4.37. The van der Waals surface area contributed by atoms with E-state index in [0.29, 0.717) is 17.0 Å². The average Bonchev–Trinajstić information content (AvgIpc) is 2.77. The lowest BCUT2D eigenvalue weighted by Gasteiger charge is -2.11. The second-order valence-electron chi connectivity index (χ2n) is 7.08. The molecular weight excluding hydrogens is 475 g/mol. The minimum Gasteiger partial charge on any atom is -0.465 e. The standard InChI is InChI=1S/C23H20F3NO4S2/c1-15-3-12-20(13-21(15)22(28)31-2)33(29,30)27-18-8-10-19(11-9-18)32-14-16-4-6-17(7-5-16)23(24,25)26/h3-13,27H,14H2,1-2H3. The van der Waals surface area contributed by atoms with Crippen molar-refractivity contribution in [2.24, 2.45) is 0 Å². The zero-order valence-corrected chi connectivity index (χ0v) is 19.3. The van der Waals surface area contributed by atoms with Gasteiger partial charge in [0, 0.05) is 16.3 Å². The van der Waals surface area contributed by atoms with Gasteiger partial charge in [0.25, 0.3) is 10.0 Å². The zero-order chi connectivity index (χ0) is 24.2. The first-order valence-electron chi connectivity index (χ1n) is 9.60. The molecule has 3 rings (SSSR count). The van der Waals surface area contributed by atoms with Crippen LogP contribution in [0.4, 0.5) is 18.9 Å². The number of rotatable bonds is 7. The summed E-state index contributed by atoms with van der Waals surface area (Å²) in [4.78, 5) is 12.6. The number of alkyl halides is 3. The first-order chi connectivity index (χ1) is 15.5. The summed E-state index contributed by atoms with van der Waals surface area (Å²) in [6.45, 7) is 1.68. The predicted molar refractivity (Wildman–Crippen MR) is 121 cm³/mol. The third-order valence-electron chi connectivity index (χ3n) is 4.72. The molecule has 0 saturated heterocycles. The SMILES string of the molecule is COC(=O)c1cc(S(=O)(=O)Nc2ccc(SCc3ccc(C(F)(F)F)cc3)cc2)ccc1C. The van der Waals surface area contributed by atoms with Crippen LogP contribution in [-0.2, 0) is 26.7 Å². The van der Waals surface area contributed by atoms with E-state index in [9.17, 15) is 26.4 Å². The maximum absolute atomic E-state index is 12.7. The Bertz CT molecular complexity index is 1240. The lowest BCUT2D eigenvalue weighted by atomic mass is 10.1. The van der Waals surface area contributed by atoms with E-state index in [2.05, 4.69) is 9.46 Å². The number of anilines is 1. The van der Waals surface area contributed by atoms with Crippen molar-refractivity contribution in [3.05, 3.63) is 89.0 Å². The van der Waals surface area contributed by atoms with Crippen molar-refractivity contribution < 1.29 is 31.1 Å². The summed E-state index contributed by atoms with van der Waals surface area (Å²) in [5, 5.41) is 0. The van der Waals surface area contributed by atoms with Crippen molar-refractivity contribution >= 4 is 33.4 Å².